The molecular formula is C14H29N. The van der Waals surface area contributed by atoms with Crippen LogP contribution in [0.5, 0.6) is 0 Å². The lowest BCUT2D eigenvalue weighted by molar-refractivity contribution is 0.143. The summed E-state index contributed by atoms with van der Waals surface area (Å²) in [5.41, 5.74) is 0.543. The molecule has 1 fully saturated rings. The van der Waals surface area contributed by atoms with Gasteiger partial charge in [-0.2, -0.15) is 0 Å². The van der Waals surface area contributed by atoms with Gasteiger partial charge in [-0.3, -0.25) is 0 Å². The standard InChI is InChI=1S/C14H29N/c1-6-12(7-2)15-13-8-11(3)9-14(4,5)10-13/h11-13,15H,6-10H2,1-5H3/t11-,13?/m0/s1. The molecule has 0 radical (unpaired) electrons. The first-order chi connectivity index (χ1) is 6.96. The Balaban J connectivity index is 2.47. The first-order valence-electron chi connectivity index (χ1n) is 6.73. The van der Waals surface area contributed by atoms with E-state index in [9.17, 15) is 0 Å². The third kappa shape index (κ3) is 4.14. The Kier molecular flexibility index (Phi) is 4.64. The third-order valence-corrected chi connectivity index (χ3v) is 3.84. The van der Waals surface area contributed by atoms with Crippen molar-refractivity contribution in [3.05, 3.63) is 0 Å². The SMILES string of the molecule is CCC(CC)NC1C[C@H](C)CC(C)(C)C1. The topological polar surface area (TPSA) is 12.0 Å². The van der Waals surface area contributed by atoms with Gasteiger partial charge in [0.05, 0.1) is 0 Å². The van der Waals surface area contributed by atoms with Gasteiger partial charge in [0.25, 0.3) is 0 Å². The summed E-state index contributed by atoms with van der Waals surface area (Å²) in [5.74, 6) is 0.889. The Morgan fingerprint density at radius 2 is 1.80 bits per heavy atom. The zero-order valence-corrected chi connectivity index (χ0v) is 11.3. The summed E-state index contributed by atoms with van der Waals surface area (Å²) in [6.07, 6.45) is 6.66. The number of rotatable bonds is 4. The molecule has 0 aromatic rings. The Morgan fingerprint density at radius 3 is 2.27 bits per heavy atom. The van der Waals surface area contributed by atoms with Crippen LogP contribution < -0.4 is 5.32 Å². The van der Waals surface area contributed by atoms with Gasteiger partial charge in [-0.15, -0.1) is 0 Å². The Labute approximate surface area is 96.0 Å². The average Bonchev–Trinajstić information content (AvgIpc) is 2.10. The van der Waals surface area contributed by atoms with Crippen LogP contribution in [-0.2, 0) is 0 Å². The van der Waals surface area contributed by atoms with Crippen LogP contribution in [0.4, 0.5) is 0 Å². The van der Waals surface area contributed by atoms with E-state index >= 15 is 0 Å². The quantitative estimate of drug-likeness (QED) is 0.741. The molecule has 0 bridgehead atoms. The second-order valence-electron chi connectivity index (χ2n) is 6.29. The molecule has 0 saturated heterocycles. The molecular weight excluding hydrogens is 182 g/mol. The lowest BCUT2D eigenvalue weighted by Gasteiger charge is -2.40. The third-order valence-electron chi connectivity index (χ3n) is 3.84. The van der Waals surface area contributed by atoms with Crippen molar-refractivity contribution in [3.63, 3.8) is 0 Å². The fraction of sp³-hybridized carbons (Fsp3) is 1.00. The van der Waals surface area contributed by atoms with E-state index < -0.39 is 0 Å². The molecule has 0 aliphatic heterocycles. The van der Waals surface area contributed by atoms with Gasteiger partial charge >= 0.3 is 0 Å². The van der Waals surface area contributed by atoms with Crippen LogP contribution in [0, 0.1) is 11.3 Å². The molecule has 1 unspecified atom stereocenters. The zero-order chi connectivity index (χ0) is 11.5. The highest BCUT2D eigenvalue weighted by atomic mass is 15.0. The minimum atomic E-state index is 0.543. The van der Waals surface area contributed by atoms with Crippen molar-refractivity contribution in [2.45, 2.75) is 78.8 Å². The van der Waals surface area contributed by atoms with E-state index in [2.05, 4.69) is 39.9 Å². The second kappa shape index (κ2) is 5.34. The van der Waals surface area contributed by atoms with Gasteiger partial charge in [-0.1, -0.05) is 34.6 Å². The van der Waals surface area contributed by atoms with Crippen molar-refractivity contribution in [2.24, 2.45) is 11.3 Å². The molecule has 0 aromatic heterocycles. The van der Waals surface area contributed by atoms with Gasteiger partial charge in [0, 0.05) is 12.1 Å². The molecule has 0 spiro atoms. The molecule has 0 aromatic carbocycles. The smallest absolute Gasteiger partial charge is 0.00772 e. The van der Waals surface area contributed by atoms with Crippen LogP contribution >= 0.6 is 0 Å². The first kappa shape index (κ1) is 13.0. The predicted octanol–water partition coefficient (Wildman–Crippen LogP) is 3.98. The summed E-state index contributed by atoms with van der Waals surface area (Å²) >= 11 is 0. The van der Waals surface area contributed by atoms with Gasteiger partial charge in [-0.05, 0) is 43.4 Å². The van der Waals surface area contributed by atoms with Crippen molar-refractivity contribution in [1.29, 1.82) is 0 Å². The maximum Gasteiger partial charge on any atom is 0.00772 e. The molecule has 1 N–H and O–H groups in total. The summed E-state index contributed by atoms with van der Waals surface area (Å²) < 4.78 is 0. The van der Waals surface area contributed by atoms with Crippen LogP contribution in [0.1, 0.15) is 66.7 Å². The van der Waals surface area contributed by atoms with Crippen LogP contribution in [0.3, 0.4) is 0 Å². The molecule has 1 nitrogen and oxygen atoms in total. The monoisotopic (exact) mass is 211 g/mol. The Bertz CT molecular complexity index is 182. The maximum atomic E-state index is 3.84. The van der Waals surface area contributed by atoms with Crippen molar-refractivity contribution in [1.82, 2.24) is 5.32 Å². The Morgan fingerprint density at radius 1 is 1.20 bits per heavy atom. The van der Waals surface area contributed by atoms with Gasteiger partial charge in [0.1, 0.15) is 0 Å². The zero-order valence-electron chi connectivity index (χ0n) is 11.3. The number of nitrogens with one attached hydrogen (secondary N) is 1. The summed E-state index contributed by atoms with van der Waals surface area (Å²) in [7, 11) is 0. The van der Waals surface area contributed by atoms with Crippen molar-refractivity contribution in [2.75, 3.05) is 0 Å². The molecule has 0 heterocycles. The number of hydrogen-bond acceptors (Lipinski definition) is 1. The van der Waals surface area contributed by atoms with Crippen molar-refractivity contribution < 1.29 is 0 Å². The highest BCUT2D eigenvalue weighted by Gasteiger charge is 2.32. The van der Waals surface area contributed by atoms with Gasteiger partial charge in [0.15, 0.2) is 0 Å². The lowest BCUT2D eigenvalue weighted by atomic mass is 9.70. The van der Waals surface area contributed by atoms with Crippen LogP contribution in [0.25, 0.3) is 0 Å². The van der Waals surface area contributed by atoms with E-state index in [0.717, 1.165) is 18.0 Å². The van der Waals surface area contributed by atoms with E-state index in [4.69, 9.17) is 0 Å². The van der Waals surface area contributed by atoms with Gasteiger partial charge in [-0.25, -0.2) is 0 Å². The van der Waals surface area contributed by atoms with Crippen LogP contribution in [0.15, 0.2) is 0 Å². The first-order valence-corrected chi connectivity index (χ1v) is 6.73. The van der Waals surface area contributed by atoms with E-state index in [1.807, 2.05) is 0 Å². The fourth-order valence-corrected chi connectivity index (χ4v) is 3.33. The summed E-state index contributed by atoms with van der Waals surface area (Å²) in [5, 5.41) is 3.84. The average molecular weight is 211 g/mol. The minimum Gasteiger partial charge on any atom is -0.311 e. The van der Waals surface area contributed by atoms with Crippen molar-refractivity contribution >= 4 is 0 Å². The molecule has 0 amide bonds. The molecule has 1 aliphatic carbocycles. The summed E-state index contributed by atoms with van der Waals surface area (Å²) in [6.45, 7) is 11.8. The van der Waals surface area contributed by atoms with E-state index in [1.54, 1.807) is 0 Å². The van der Waals surface area contributed by atoms with E-state index in [-0.39, 0.29) is 0 Å². The highest BCUT2D eigenvalue weighted by Crippen LogP contribution is 2.38. The fourth-order valence-electron chi connectivity index (χ4n) is 3.33. The number of hydrogen-bond donors (Lipinski definition) is 1. The maximum absolute atomic E-state index is 3.84. The normalized spacial score (nSPS) is 30.8. The molecule has 90 valence electrons. The second-order valence-corrected chi connectivity index (χ2v) is 6.29. The largest absolute Gasteiger partial charge is 0.311 e. The van der Waals surface area contributed by atoms with Crippen LogP contribution in [-0.4, -0.2) is 12.1 Å². The van der Waals surface area contributed by atoms with E-state index in [0.29, 0.717) is 5.41 Å². The minimum absolute atomic E-state index is 0.543. The molecule has 15 heavy (non-hydrogen) atoms. The van der Waals surface area contributed by atoms with Crippen molar-refractivity contribution in [3.8, 4) is 0 Å². The molecule has 2 atom stereocenters. The summed E-state index contributed by atoms with van der Waals surface area (Å²) in [6, 6.07) is 1.49. The van der Waals surface area contributed by atoms with E-state index in [1.165, 1.54) is 32.1 Å². The van der Waals surface area contributed by atoms with Gasteiger partial charge in [0.2, 0.25) is 0 Å². The summed E-state index contributed by atoms with van der Waals surface area (Å²) in [4.78, 5) is 0. The molecule has 1 aliphatic rings. The highest BCUT2D eigenvalue weighted by molar-refractivity contribution is 4.87. The predicted molar refractivity (Wildman–Crippen MR) is 68.1 cm³/mol. The lowest BCUT2D eigenvalue weighted by Crippen LogP contribution is -2.44. The molecule has 1 heteroatoms. The molecule has 1 saturated carbocycles. The Hall–Kier alpha value is -0.0400. The van der Waals surface area contributed by atoms with Crippen LogP contribution in [0.2, 0.25) is 0 Å². The van der Waals surface area contributed by atoms with Gasteiger partial charge < -0.3 is 5.32 Å². The molecule has 1 rings (SSSR count).